The fraction of sp³-hybridized carbons (Fsp3) is 0.588. The lowest BCUT2D eigenvalue weighted by molar-refractivity contribution is -0.118. The third kappa shape index (κ3) is 4.00. The van der Waals surface area contributed by atoms with E-state index in [1.54, 1.807) is 6.20 Å². The molecule has 1 amide bonds. The van der Waals surface area contributed by atoms with Crippen LogP contribution in [0.1, 0.15) is 44.9 Å². The Labute approximate surface area is 136 Å². The fourth-order valence-corrected chi connectivity index (χ4v) is 3.36. The van der Waals surface area contributed by atoms with Crippen LogP contribution in [0.5, 0.6) is 0 Å². The summed E-state index contributed by atoms with van der Waals surface area (Å²) in [6.07, 6.45) is 12.5. The van der Waals surface area contributed by atoms with Crippen molar-refractivity contribution < 1.29 is 4.79 Å². The number of aromatic amines is 1. The van der Waals surface area contributed by atoms with Gasteiger partial charge in [0.1, 0.15) is 0 Å². The highest BCUT2D eigenvalue weighted by molar-refractivity contribution is 5.93. The first-order valence-corrected chi connectivity index (χ1v) is 8.52. The van der Waals surface area contributed by atoms with Gasteiger partial charge in [-0.25, -0.2) is 4.98 Å². The van der Waals surface area contributed by atoms with Crippen LogP contribution in [0.15, 0.2) is 28.8 Å². The van der Waals surface area contributed by atoms with Crippen LogP contribution in [0, 0.1) is 0 Å². The van der Waals surface area contributed by atoms with Crippen molar-refractivity contribution in [3.8, 4) is 0 Å². The smallest absolute Gasteiger partial charge is 0.290 e. The number of hydrogen-bond acceptors (Lipinski definition) is 4. The minimum absolute atomic E-state index is 0.0636. The van der Waals surface area contributed by atoms with Gasteiger partial charge in [-0.2, -0.15) is 0 Å². The average Bonchev–Trinajstić information content (AvgIpc) is 2.85. The molecule has 2 aliphatic rings. The summed E-state index contributed by atoms with van der Waals surface area (Å²) in [5.74, 6) is 0.508. The molecule has 0 bridgehead atoms. The van der Waals surface area contributed by atoms with Crippen molar-refractivity contribution in [2.75, 3.05) is 18.0 Å². The molecule has 0 radical (unpaired) electrons. The van der Waals surface area contributed by atoms with Crippen molar-refractivity contribution in [3.05, 3.63) is 34.4 Å². The monoisotopic (exact) mass is 316 g/mol. The first-order valence-electron chi connectivity index (χ1n) is 8.52. The summed E-state index contributed by atoms with van der Waals surface area (Å²) in [4.78, 5) is 33.1. The van der Waals surface area contributed by atoms with Gasteiger partial charge in [0.05, 0.1) is 0 Å². The van der Waals surface area contributed by atoms with Crippen molar-refractivity contribution in [2.45, 2.75) is 51.0 Å². The highest BCUT2D eigenvalue weighted by atomic mass is 16.2. The zero-order valence-electron chi connectivity index (χ0n) is 13.4. The van der Waals surface area contributed by atoms with E-state index in [9.17, 15) is 9.59 Å². The minimum Gasteiger partial charge on any atom is -0.350 e. The maximum atomic E-state index is 12.4. The number of anilines is 1. The van der Waals surface area contributed by atoms with Crippen LogP contribution in [0.2, 0.25) is 0 Å². The van der Waals surface area contributed by atoms with E-state index in [1.165, 1.54) is 19.0 Å². The van der Waals surface area contributed by atoms with Gasteiger partial charge in [0.2, 0.25) is 5.91 Å². The molecule has 0 unspecified atom stereocenters. The summed E-state index contributed by atoms with van der Waals surface area (Å²) in [6.45, 7) is 1.44. The molecule has 1 atom stereocenters. The molecule has 6 heteroatoms. The number of aromatic nitrogens is 2. The molecule has 0 spiro atoms. The van der Waals surface area contributed by atoms with Gasteiger partial charge in [0, 0.05) is 37.1 Å². The second-order valence-electron chi connectivity index (χ2n) is 6.33. The van der Waals surface area contributed by atoms with E-state index in [-0.39, 0.29) is 17.5 Å². The van der Waals surface area contributed by atoms with Crippen LogP contribution >= 0.6 is 0 Å². The number of allylic oxidation sites excluding steroid dienone is 1. The second kappa shape index (κ2) is 7.44. The van der Waals surface area contributed by atoms with E-state index in [4.69, 9.17) is 0 Å². The molecule has 1 aliphatic carbocycles. The van der Waals surface area contributed by atoms with E-state index in [0.29, 0.717) is 12.4 Å². The molecule has 2 N–H and O–H groups in total. The Morgan fingerprint density at radius 3 is 3.09 bits per heavy atom. The SMILES string of the molecule is O=C(N[C@@H]1CCCN(c2ncc[nH]c2=O)C1)C1=CCCCCC1. The topological polar surface area (TPSA) is 78.1 Å². The molecule has 1 aromatic heterocycles. The number of hydrogen-bond donors (Lipinski definition) is 2. The Balaban J connectivity index is 1.62. The summed E-state index contributed by atoms with van der Waals surface area (Å²) in [5, 5.41) is 3.15. The van der Waals surface area contributed by atoms with Crippen LogP contribution in [-0.4, -0.2) is 35.0 Å². The van der Waals surface area contributed by atoms with Crippen molar-refractivity contribution in [1.82, 2.24) is 15.3 Å². The van der Waals surface area contributed by atoms with Crippen LogP contribution in [-0.2, 0) is 4.79 Å². The molecule has 3 rings (SSSR count). The Morgan fingerprint density at radius 1 is 1.30 bits per heavy atom. The van der Waals surface area contributed by atoms with E-state index >= 15 is 0 Å². The zero-order valence-corrected chi connectivity index (χ0v) is 13.4. The summed E-state index contributed by atoms with van der Waals surface area (Å²) >= 11 is 0. The van der Waals surface area contributed by atoms with Crippen molar-refractivity contribution in [1.29, 1.82) is 0 Å². The summed E-state index contributed by atoms with van der Waals surface area (Å²) in [6, 6.07) is 0.0711. The van der Waals surface area contributed by atoms with Gasteiger partial charge in [0.15, 0.2) is 5.82 Å². The predicted molar refractivity (Wildman–Crippen MR) is 89.4 cm³/mol. The number of carbonyl (C=O) groups excluding carboxylic acids is 1. The normalized spacial score (nSPS) is 22.2. The van der Waals surface area contributed by atoms with Crippen LogP contribution in [0.3, 0.4) is 0 Å². The average molecular weight is 316 g/mol. The molecule has 0 aromatic carbocycles. The predicted octanol–water partition coefficient (Wildman–Crippen LogP) is 1.75. The van der Waals surface area contributed by atoms with Crippen LogP contribution in [0.4, 0.5) is 5.82 Å². The van der Waals surface area contributed by atoms with Gasteiger partial charge in [-0.3, -0.25) is 9.59 Å². The summed E-state index contributed by atoms with van der Waals surface area (Å²) in [5.41, 5.74) is 0.751. The third-order valence-electron chi connectivity index (χ3n) is 4.58. The maximum Gasteiger partial charge on any atom is 0.290 e. The zero-order chi connectivity index (χ0) is 16.1. The standard InChI is InChI=1S/C17H24N4O2/c22-16(13-6-3-1-2-4-7-13)20-14-8-5-11-21(12-14)15-17(23)19-10-9-18-15/h6,9-10,14H,1-5,7-8,11-12H2,(H,19,23)(H,20,22)/t14-/m1/s1. The third-order valence-corrected chi connectivity index (χ3v) is 4.58. The van der Waals surface area contributed by atoms with E-state index in [1.807, 2.05) is 4.90 Å². The number of carbonyl (C=O) groups is 1. The number of nitrogens with one attached hydrogen (secondary N) is 2. The Morgan fingerprint density at radius 2 is 2.22 bits per heavy atom. The number of amides is 1. The molecule has 1 aromatic rings. The summed E-state index contributed by atoms with van der Waals surface area (Å²) < 4.78 is 0. The van der Waals surface area contributed by atoms with Crippen LogP contribution in [0.25, 0.3) is 0 Å². The van der Waals surface area contributed by atoms with E-state index < -0.39 is 0 Å². The summed E-state index contributed by atoms with van der Waals surface area (Å²) in [7, 11) is 0. The number of rotatable bonds is 3. The lowest BCUT2D eigenvalue weighted by Gasteiger charge is -2.33. The Bertz CT molecular complexity index is 637. The second-order valence-corrected chi connectivity index (χ2v) is 6.33. The van der Waals surface area contributed by atoms with E-state index in [0.717, 1.165) is 44.2 Å². The molecule has 23 heavy (non-hydrogen) atoms. The Kier molecular flexibility index (Phi) is 5.10. The van der Waals surface area contributed by atoms with E-state index in [2.05, 4.69) is 21.4 Å². The molecule has 0 saturated carbocycles. The van der Waals surface area contributed by atoms with Gasteiger partial charge in [-0.05, 0) is 38.5 Å². The first-order chi connectivity index (χ1) is 11.2. The quantitative estimate of drug-likeness (QED) is 0.890. The molecule has 1 saturated heterocycles. The highest BCUT2D eigenvalue weighted by Gasteiger charge is 2.24. The molecular weight excluding hydrogens is 292 g/mol. The number of H-pyrrole nitrogens is 1. The minimum atomic E-state index is -0.175. The molecule has 6 nitrogen and oxygen atoms in total. The molecule has 124 valence electrons. The van der Waals surface area contributed by atoms with Crippen molar-refractivity contribution in [3.63, 3.8) is 0 Å². The van der Waals surface area contributed by atoms with Gasteiger partial charge in [-0.1, -0.05) is 12.5 Å². The largest absolute Gasteiger partial charge is 0.350 e. The number of nitrogens with zero attached hydrogens (tertiary/aromatic N) is 2. The lowest BCUT2D eigenvalue weighted by atomic mass is 10.0. The molecular formula is C17H24N4O2. The molecule has 1 fully saturated rings. The Hall–Kier alpha value is -2.11. The van der Waals surface area contributed by atoms with Crippen molar-refractivity contribution >= 4 is 11.7 Å². The first kappa shape index (κ1) is 15.8. The van der Waals surface area contributed by atoms with Crippen LogP contribution < -0.4 is 15.8 Å². The van der Waals surface area contributed by atoms with Gasteiger partial charge in [-0.15, -0.1) is 0 Å². The highest BCUT2D eigenvalue weighted by Crippen LogP contribution is 2.19. The van der Waals surface area contributed by atoms with Crippen molar-refractivity contribution in [2.24, 2.45) is 0 Å². The molecule has 2 heterocycles. The number of piperidine rings is 1. The van der Waals surface area contributed by atoms with Gasteiger partial charge < -0.3 is 15.2 Å². The van der Waals surface area contributed by atoms with Gasteiger partial charge in [0.25, 0.3) is 5.56 Å². The maximum absolute atomic E-state index is 12.4. The fourth-order valence-electron chi connectivity index (χ4n) is 3.36. The van der Waals surface area contributed by atoms with Gasteiger partial charge >= 0.3 is 0 Å². The molecule has 1 aliphatic heterocycles. The lowest BCUT2D eigenvalue weighted by Crippen LogP contribution is -2.49.